The predicted octanol–water partition coefficient (Wildman–Crippen LogP) is 4.94. The molecule has 168 valence electrons. The molecule has 0 saturated carbocycles. The summed E-state index contributed by atoms with van der Waals surface area (Å²) in [5.74, 6) is 1.32. The average Bonchev–Trinajstić information content (AvgIpc) is 3.33. The number of benzene rings is 2. The van der Waals surface area contributed by atoms with Crippen LogP contribution in [0.2, 0.25) is 0 Å². The summed E-state index contributed by atoms with van der Waals surface area (Å²) in [5, 5.41) is 10.2. The largest absolute Gasteiger partial charge is 0.488 e. The molecule has 2 heterocycles. The van der Waals surface area contributed by atoms with Crippen molar-refractivity contribution in [3.63, 3.8) is 0 Å². The van der Waals surface area contributed by atoms with Crippen LogP contribution in [-0.2, 0) is 6.61 Å². The summed E-state index contributed by atoms with van der Waals surface area (Å²) < 4.78 is 25.8. The predicted molar refractivity (Wildman–Crippen MR) is 127 cm³/mol. The Bertz CT molecular complexity index is 1240. The fraction of sp³-hybridized carbons (Fsp3) is 0.0909. The molecule has 0 spiro atoms. The Morgan fingerprint density at radius 2 is 1.94 bits per heavy atom. The number of nitrogens with zero attached hydrogens (tertiary/aromatic N) is 4. The van der Waals surface area contributed by atoms with Crippen LogP contribution in [0.15, 0.2) is 73.3 Å². The minimum Gasteiger partial charge on any atom is -0.488 e. The van der Waals surface area contributed by atoms with Crippen LogP contribution in [0.5, 0.6) is 11.5 Å². The molecule has 4 aromatic rings. The number of carbonyl (C=O) groups is 1. The molecule has 11 heteroatoms. The van der Waals surface area contributed by atoms with Crippen LogP contribution in [0.4, 0.5) is 8.68 Å². The van der Waals surface area contributed by atoms with Gasteiger partial charge in [-0.2, -0.15) is 12.6 Å². The highest BCUT2D eigenvalue weighted by molar-refractivity contribution is 7.92. The van der Waals surface area contributed by atoms with Crippen molar-refractivity contribution in [3.8, 4) is 34.0 Å². The standard InChI is InChI=1S/C22H18FN5O3S2/c23-33-28-13-26-27-21(28)17-8-16(10-24-11-17)19-9-18(31-22(29)25-14-32)6-7-20(19)30-12-15-4-2-1-3-5-15/h1-11,13,32H,12,14H2,(H,25,29). The number of halogens is 1. The van der Waals surface area contributed by atoms with Crippen molar-refractivity contribution in [3.05, 3.63) is 78.9 Å². The molecule has 0 aliphatic heterocycles. The molecule has 0 aliphatic carbocycles. The average molecular weight is 484 g/mol. The van der Waals surface area contributed by atoms with Crippen molar-refractivity contribution in [2.24, 2.45) is 0 Å². The third-order valence-electron chi connectivity index (χ3n) is 4.52. The molecule has 1 N–H and O–H groups in total. The number of ether oxygens (including phenoxy) is 2. The number of hydrogen-bond donors (Lipinski definition) is 2. The molecule has 33 heavy (non-hydrogen) atoms. The monoisotopic (exact) mass is 483 g/mol. The maximum atomic E-state index is 13.2. The third kappa shape index (κ3) is 5.62. The first kappa shape index (κ1) is 22.6. The summed E-state index contributed by atoms with van der Waals surface area (Å²) in [5.41, 5.74) is 2.85. The van der Waals surface area contributed by atoms with E-state index in [-0.39, 0.29) is 18.2 Å². The van der Waals surface area contributed by atoms with Crippen LogP contribution in [0.3, 0.4) is 0 Å². The SMILES string of the molecule is O=C(NCS)Oc1ccc(OCc2ccccc2)c(-c2cncc(-c3nncn3SF)c2)c1. The molecular weight excluding hydrogens is 465 g/mol. The Hall–Kier alpha value is -3.57. The Labute approximate surface area is 199 Å². The van der Waals surface area contributed by atoms with Crippen molar-refractivity contribution >= 4 is 31.1 Å². The summed E-state index contributed by atoms with van der Waals surface area (Å²) >= 11 is 3.95. The van der Waals surface area contributed by atoms with Gasteiger partial charge >= 0.3 is 6.09 Å². The molecular formula is C22H18FN5O3S2. The molecule has 0 saturated heterocycles. The number of carbonyl (C=O) groups excluding carboxylic acids is 1. The Morgan fingerprint density at radius 3 is 2.73 bits per heavy atom. The fourth-order valence-corrected chi connectivity index (χ4v) is 3.45. The number of nitrogens with one attached hydrogen (secondary N) is 1. The Kier molecular flexibility index (Phi) is 7.43. The van der Waals surface area contributed by atoms with Gasteiger partial charge in [-0.1, -0.05) is 30.3 Å². The lowest BCUT2D eigenvalue weighted by Crippen LogP contribution is -2.25. The van der Waals surface area contributed by atoms with Crippen molar-refractivity contribution in [1.29, 1.82) is 0 Å². The fourth-order valence-electron chi connectivity index (χ4n) is 3.04. The Morgan fingerprint density at radius 1 is 1.12 bits per heavy atom. The zero-order chi connectivity index (χ0) is 23.0. The maximum Gasteiger partial charge on any atom is 0.413 e. The van der Waals surface area contributed by atoms with E-state index in [4.69, 9.17) is 9.47 Å². The number of amides is 1. The van der Waals surface area contributed by atoms with Crippen LogP contribution >= 0.6 is 25.0 Å². The van der Waals surface area contributed by atoms with Gasteiger partial charge in [0.05, 0.1) is 5.88 Å². The van der Waals surface area contributed by atoms with Gasteiger partial charge in [0, 0.05) is 29.1 Å². The molecule has 0 atom stereocenters. The highest BCUT2D eigenvalue weighted by atomic mass is 32.2. The van der Waals surface area contributed by atoms with Gasteiger partial charge in [-0.05, 0) is 29.8 Å². The van der Waals surface area contributed by atoms with E-state index in [1.807, 2.05) is 30.3 Å². The first-order chi connectivity index (χ1) is 16.2. The summed E-state index contributed by atoms with van der Waals surface area (Å²) in [6.07, 6.45) is 3.84. The summed E-state index contributed by atoms with van der Waals surface area (Å²) in [4.78, 5) is 16.1. The van der Waals surface area contributed by atoms with Crippen molar-refractivity contribution in [2.45, 2.75) is 6.61 Å². The zero-order valence-electron chi connectivity index (χ0n) is 17.1. The second kappa shape index (κ2) is 10.8. The molecule has 0 fully saturated rings. The number of pyridine rings is 1. The number of thiol groups is 1. The van der Waals surface area contributed by atoms with E-state index in [2.05, 4.69) is 33.1 Å². The van der Waals surface area contributed by atoms with Crippen molar-refractivity contribution in [2.75, 3.05) is 5.88 Å². The number of hydrogen-bond acceptors (Lipinski definition) is 8. The van der Waals surface area contributed by atoms with Crippen LogP contribution in [-0.4, -0.2) is 31.1 Å². The molecule has 0 radical (unpaired) electrons. The van der Waals surface area contributed by atoms with Gasteiger partial charge < -0.3 is 14.8 Å². The van der Waals surface area contributed by atoms with E-state index < -0.39 is 6.09 Å². The molecule has 0 unspecified atom stereocenters. The van der Waals surface area contributed by atoms with Crippen molar-refractivity contribution in [1.82, 2.24) is 24.5 Å². The summed E-state index contributed by atoms with van der Waals surface area (Å²) in [6.45, 7) is 0.341. The lowest BCUT2D eigenvalue weighted by Gasteiger charge is -2.14. The van der Waals surface area contributed by atoms with Gasteiger partial charge in [0.15, 0.2) is 18.2 Å². The summed E-state index contributed by atoms with van der Waals surface area (Å²) in [6, 6.07) is 16.5. The molecule has 2 aromatic heterocycles. The minimum atomic E-state index is -0.631. The minimum absolute atomic E-state index is 0.0101. The van der Waals surface area contributed by atoms with Crippen LogP contribution in [0.1, 0.15) is 5.56 Å². The van der Waals surface area contributed by atoms with E-state index in [9.17, 15) is 8.68 Å². The quantitative estimate of drug-likeness (QED) is 0.271. The molecule has 8 nitrogen and oxygen atoms in total. The lowest BCUT2D eigenvalue weighted by molar-refractivity contribution is 0.202. The van der Waals surface area contributed by atoms with Crippen LogP contribution in [0, 0.1) is 0 Å². The van der Waals surface area contributed by atoms with Gasteiger partial charge in [-0.25, -0.2) is 8.77 Å². The van der Waals surface area contributed by atoms with Gasteiger partial charge in [-0.3, -0.25) is 4.98 Å². The van der Waals surface area contributed by atoms with Gasteiger partial charge in [0.1, 0.15) is 24.4 Å². The number of rotatable bonds is 8. The lowest BCUT2D eigenvalue weighted by atomic mass is 10.0. The highest BCUT2D eigenvalue weighted by Crippen LogP contribution is 2.35. The number of aromatic nitrogens is 4. The van der Waals surface area contributed by atoms with Crippen molar-refractivity contribution < 1.29 is 18.2 Å². The molecule has 4 rings (SSSR count). The van der Waals surface area contributed by atoms with E-state index in [0.717, 1.165) is 5.56 Å². The first-order valence-corrected chi connectivity index (χ1v) is 11.0. The molecule has 2 aromatic carbocycles. The van der Waals surface area contributed by atoms with Crippen LogP contribution in [0.25, 0.3) is 22.5 Å². The van der Waals surface area contributed by atoms with E-state index in [0.29, 0.717) is 40.6 Å². The van der Waals surface area contributed by atoms with E-state index in [1.54, 1.807) is 36.7 Å². The van der Waals surface area contributed by atoms with E-state index >= 15 is 0 Å². The van der Waals surface area contributed by atoms with Gasteiger partial charge in [-0.15, -0.1) is 14.1 Å². The van der Waals surface area contributed by atoms with Crippen LogP contribution < -0.4 is 14.8 Å². The second-order valence-electron chi connectivity index (χ2n) is 6.67. The molecule has 1 amide bonds. The van der Waals surface area contributed by atoms with Gasteiger partial charge in [0.25, 0.3) is 0 Å². The third-order valence-corrected chi connectivity index (χ3v) is 5.10. The first-order valence-electron chi connectivity index (χ1n) is 9.70. The maximum absolute atomic E-state index is 13.2. The molecule has 0 bridgehead atoms. The Balaban J connectivity index is 1.70. The zero-order valence-corrected chi connectivity index (χ0v) is 18.8. The van der Waals surface area contributed by atoms with Gasteiger partial charge in [0.2, 0.25) is 0 Å². The molecule has 0 aliphatic rings. The normalized spacial score (nSPS) is 10.6. The summed E-state index contributed by atoms with van der Waals surface area (Å²) in [7, 11) is 0. The highest BCUT2D eigenvalue weighted by Gasteiger charge is 2.15. The van der Waals surface area contributed by atoms with E-state index in [1.165, 1.54) is 10.3 Å². The smallest absolute Gasteiger partial charge is 0.413 e. The second-order valence-corrected chi connectivity index (χ2v) is 7.52. The topological polar surface area (TPSA) is 91.2 Å².